The summed E-state index contributed by atoms with van der Waals surface area (Å²) in [6, 6.07) is 2.53. The second kappa shape index (κ2) is 7.54. The van der Waals surface area contributed by atoms with Gasteiger partial charge in [0.25, 0.3) is 0 Å². The average molecular weight is 268 g/mol. The zero-order valence-electron chi connectivity index (χ0n) is 11.8. The number of carbonyl (C=O) groups excluding carboxylic acids is 1. The molecule has 1 amide bonds. The van der Waals surface area contributed by atoms with Gasteiger partial charge in [0, 0.05) is 19.6 Å². The first-order valence-electron chi connectivity index (χ1n) is 6.49. The summed E-state index contributed by atoms with van der Waals surface area (Å²) < 4.78 is 0. The van der Waals surface area contributed by atoms with E-state index in [2.05, 4.69) is 30.2 Å². The van der Waals surface area contributed by atoms with Crippen molar-refractivity contribution >= 4 is 17.2 Å². The molecule has 3 nitrogen and oxygen atoms in total. The molecule has 1 aromatic rings. The molecule has 0 aromatic carbocycles. The number of likely N-dealkylation sites (N-methyl/N-ethyl adjacent to an activating group) is 2. The normalized spacial score (nSPS) is 12.7. The maximum Gasteiger partial charge on any atom is 0.236 e. The summed E-state index contributed by atoms with van der Waals surface area (Å²) in [6.45, 7) is 5.56. The van der Waals surface area contributed by atoms with E-state index in [1.165, 1.54) is 5.56 Å². The highest BCUT2D eigenvalue weighted by atomic mass is 32.1. The van der Waals surface area contributed by atoms with E-state index in [1.54, 1.807) is 16.2 Å². The maximum absolute atomic E-state index is 12.1. The zero-order chi connectivity index (χ0) is 13.5. The lowest BCUT2D eigenvalue weighted by molar-refractivity contribution is -0.131. The van der Waals surface area contributed by atoms with Gasteiger partial charge in [0.15, 0.2) is 0 Å². The molecule has 0 spiro atoms. The highest BCUT2D eigenvalue weighted by molar-refractivity contribution is 7.07. The lowest BCUT2D eigenvalue weighted by Crippen LogP contribution is -2.40. The van der Waals surface area contributed by atoms with Crippen LogP contribution >= 0.6 is 11.3 Å². The van der Waals surface area contributed by atoms with Crippen molar-refractivity contribution < 1.29 is 4.79 Å². The van der Waals surface area contributed by atoms with Crippen molar-refractivity contribution in [2.75, 3.05) is 20.6 Å². The number of rotatable bonds is 7. The molecule has 0 aliphatic heterocycles. The van der Waals surface area contributed by atoms with Crippen LogP contribution in [0.4, 0.5) is 0 Å². The van der Waals surface area contributed by atoms with Crippen LogP contribution in [0.2, 0.25) is 0 Å². The van der Waals surface area contributed by atoms with Crippen molar-refractivity contribution in [2.45, 2.75) is 39.3 Å². The minimum Gasteiger partial charge on any atom is -0.340 e. The number of amides is 1. The van der Waals surface area contributed by atoms with Gasteiger partial charge in [-0.3, -0.25) is 9.69 Å². The van der Waals surface area contributed by atoms with E-state index in [0.717, 1.165) is 12.8 Å². The summed E-state index contributed by atoms with van der Waals surface area (Å²) in [5, 5.41) is 4.14. The summed E-state index contributed by atoms with van der Waals surface area (Å²) in [5.41, 5.74) is 1.21. The van der Waals surface area contributed by atoms with Gasteiger partial charge in [-0.05, 0) is 42.8 Å². The molecule has 0 radical (unpaired) electrons. The topological polar surface area (TPSA) is 23.6 Å². The Balaban J connectivity index is 2.39. The number of hydrogen-bond acceptors (Lipinski definition) is 3. The van der Waals surface area contributed by atoms with E-state index >= 15 is 0 Å². The lowest BCUT2D eigenvalue weighted by Gasteiger charge is -2.26. The predicted molar refractivity (Wildman–Crippen MR) is 77.8 cm³/mol. The number of hydrogen-bond donors (Lipinski definition) is 0. The van der Waals surface area contributed by atoms with Crippen LogP contribution in [0.5, 0.6) is 0 Å². The first-order chi connectivity index (χ1) is 8.54. The standard InChI is InChI=1S/C14H24N2OS/c1-5-6-12(2)15(3)10-14(17)16(4)9-13-7-8-18-11-13/h7-8,11-12H,5-6,9-10H2,1-4H3. The van der Waals surface area contributed by atoms with E-state index in [9.17, 15) is 4.79 Å². The Bertz CT molecular complexity index is 351. The van der Waals surface area contributed by atoms with Crippen LogP contribution in [0.25, 0.3) is 0 Å². The van der Waals surface area contributed by atoms with Crippen LogP contribution in [0.15, 0.2) is 16.8 Å². The fourth-order valence-electron chi connectivity index (χ4n) is 1.87. The molecule has 1 heterocycles. The van der Waals surface area contributed by atoms with E-state index < -0.39 is 0 Å². The van der Waals surface area contributed by atoms with Crippen molar-refractivity contribution in [3.05, 3.63) is 22.4 Å². The molecule has 1 atom stereocenters. The summed E-state index contributed by atoms with van der Waals surface area (Å²) in [7, 11) is 3.90. The second-order valence-electron chi connectivity index (χ2n) is 4.93. The molecular formula is C14H24N2OS. The van der Waals surface area contributed by atoms with Gasteiger partial charge < -0.3 is 4.90 Å². The fraction of sp³-hybridized carbons (Fsp3) is 0.643. The number of thiophene rings is 1. The van der Waals surface area contributed by atoms with Crippen LogP contribution < -0.4 is 0 Å². The van der Waals surface area contributed by atoms with Gasteiger partial charge in [0.1, 0.15) is 0 Å². The highest BCUT2D eigenvalue weighted by Gasteiger charge is 2.15. The van der Waals surface area contributed by atoms with Crippen LogP contribution in [0.1, 0.15) is 32.3 Å². The molecule has 0 aliphatic rings. The van der Waals surface area contributed by atoms with E-state index in [4.69, 9.17) is 0 Å². The van der Waals surface area contributed by atoms with Gasteiger partial charge in [-0.15, -0.1) is 0 Å². The second-order valence-corrected chi connectivity index (χ2v) is 5.71. The minimum absolute atomic E-state index is 0.187. The molecule has 0 aliphatic carbocycles. The van der Waals surface area contributed by atoms with Gasteiger partial charge in [0.05, 0.1) is 6.54 Å². The Kier molecular flexibility index (Phi) is 6.36. The predicted octanol–water partition coefficient (Wildman–Crippen LogP) is 2.83. The van der Waals surface area contributed by atoms with Gasteiger partial charge in [-0.1, -0.05) is 13.3 Å². The summed E-state index contributed by atoms with van der Waals surface area (Å²) in [5.74, 6) is 0.187. The highest BCUT2D eigenvalue weighted by Crippen LogP contribution is 2.09. The number of nitrogens with zero attached hydrogens (tertiary/aromatic N) is 2. The van der Waals surface area contributed by atoms with Gasteiger partial charge >= 0.3 is 0 Å². The molecule has 1 aromatic heterocycles. The van der Waals surface area contributed by atoms with Crippen LogP contribution in [-0.4, -0.2) is 42.4 Å². The van der Waals surface area contributed by atoms with Crippen LogP contribution in [0.3, 0.4) is 0 Å². The summed E-state index contributed by atoms with van der Waals surface area (Å²) in [4.78, 5) is 16.0. The van der Waals surface area contributed by atoms with E-state index in [1.807, 2.05) is 19.5 Å². The molecule has 0 N–H and O–H groups in total. The van der Waals surface area contributed by atoms with Gasteiger partial charge in [0.2, 0.25) is 5.91 Å². The molecule has 1 unspecified atom stereocenters. The minimum atomic E-state index is 0.187. The summed E-state index contributed by atoms with van der Waals surface area (Å²) in [6.07, 6.45) is 2.29. The zero-order valence-corrected chi connectivity index (χ0v) is 12.7. The van der Waals surface area contributed by atoms with Crippen molar-refractivity contribution in [1.29, 1.82) is 0 Å². The average Bonchev–Trinajstić information content (AvgIpc) is 2.81. The van der Waals surface area contributed by atoms with Crippen molar-refractivity contribution in [3.8, 4) is 0 Å². The van der Waals surface area contributed by atoms with Crippen LogP contribution in [0, 0.1) is 0 Å². The molecule has 4 heteroatoms. The Morgan fingerprint density at radius 1 is 1.44 bits per heavy atom. The third-order valence-electron chi connectivity index (χ3n) is 3.27. The summed E-state index contributed by atoms with van der Waals surface area (Å²) >= 11 is 1.67. The Morgan fingerprint density at radius 3 is 2.72 bits per heavy atom. The smallest absolute Gasteiger partial charge is 0.236 e. The first-order valence-corrected chi connectivity index (χ1v) is 7.44. The van der Waals surface area contributed by atoms with E-state index in [-0.39, 0.29) is 5.91 Å². The molecule has 0 bridgehead atoms. The molecule has 0 fully saturated rings. The fourth-order valence-corrected chi connectivity index (χ4v) is 2.53. The Hall–Kier alpha value is -0.870. The van der Waals surface area contributed by atoms with Gasteiger partial charge in [-0.2, -0.15) is 11.3 Å². The lowest BCUT2D eigenvalue weighted by atomic mass is 10.2. The molecule has 1 rings (SSSR count). The third kappa shape index (κ3) is 4.78. The molecule has 0 saturated heterocycles. The maximum atomic E-state index is 12.1. The molecule has 18 heavy (non-hydrogen) atoms. The SMILES string of the molecule is CCCC(C)N(C)CC(=O)N(C)Cc1ccsc1. The monoisotopic (exact) mass is 268 g/mol. The van der Waals surface area contributed by atoms with Crippen LogP contribution in [-0.2, 0) is 11.3 Å². The van der Waals surface area contributed by atoms with Crippen molar-refractivity contribution in [1.82, 2.24) is 9.80 Å². The first kappa shape index (κ1) is 15.2. The Labute approximate surface area is 114 Å². The van der Waals surface area contributed by atoms with Gasteiger partial charge in [-0.25, -0.2) is 0 Å². The molecule has 102 valence electrons. The van der Waals surface area contributed by atoms with E-state index in [0.29, 0.717) is 19.1 Å². The largest absolute Gasteiger partial charge is 0.340 e. The number of carbonyl (C=O) groups is 1. The quantitative estimate of drug-likeness (QED) is 0.759. The third-order valence-corrected chi connectivity index (χ3v) is 4.00. The van der Waals surface area contributed by atoms with Crippen molar-refractivity contribution in [2.24, 2.45) is 0 Å². The Morgan fingerprint density at radius 2 is 2.17 bits per heavy atom. The van der Waals surface area contributed by atoms with Crippen molar-refractivity contribution in [3.63, 3.8) is 0 Å². The molecule has 0 saturated carbocycles. The molecular weight excluding hydrogens is 244 g/mol.